The molecule has 0 fully saturated rings. The van der Waals surface area contributed by atoms with Gasteiger partial charge in [-0.05, 0) is 66.6 Å². The number of carbonyl (C=O) groups is 1. The molecule has 1 aromatic heterocycles. The highest BCUT2D eigenvalue weighted by molar-refractivity contribution is 8.00. The minimum Gasteiger partial charge on any atom is -0.301 e. The van der Waals surface area contributed by atoms with Gasteiger partial charge in [-0.3, -0.25) is 9.52 Å². The summed E-state index contributed by atoms with van der Waals surface area (Å²) in [4.78, 5) is 19.0. The normalized spacial score (nSPS) is 12.2. The molecule has 1 amide bonds. The summed E-state index contributed by atoms with van der Waals surface area (Å²) in [6.07, 6.45) is 0. The molecule has 1 unspecified atom stereocenters. The first kappa shape index (κ1) is 25.0. The van der Waals surface area contributed by atoms with Gasteiger partial charge in [-0.25, -0.2) is 13.4 Å². The number of amides is 1. The number of hydrogen-bond donors (Lipinski definition) is 2. The molecule has 186 valence electrons. The van der Waals surface area contributed by atoms with Crippen molar-refractivity contribution in [2.45, 2.75) is 22.0 Å². The van der Waals surface area contributed by atoms with Crippen molar-refractivity contribution in [2.75, 3.05) is 10.0 Å². The summed E-state index contributed by atoms with van der Waals surface area (Å²) in [6.45, 7) is 2.03. The second-order valence-electron chi connectivity index (χ2n) is 8.33. The zero-order chi connectivity index (χ0) is 25.8. The summed E-state index contributed by atoms with van der Waals surface area (Å²) < 4.78 is 28.9. The maximum absolute atomic E-state index is 13.4. The average molecular weight is 546 g/mol. The van der Waals surface area contributed by atoms with Crippen LogP contribution in [-0.2, 0) is 14.8 Å². The van der Waals surface area contributed by atoms with Crippen molar-refractivity contribution < 1.29 is 13.2 Å². The number of sulfonamides is 1. The minimum absolute atomic E-state index is 0.180. The number of rotatable bonds is 8. The quantitative estimate of drug-likeness (QED) is 0.208. The van der Waals surface area contributed by atoms with Gasteiger partial charge in [-0.2, -0.15) is 0 Å². The molecule has 1 atom stereocenters. The number of thioether (sulfide) groups is 1. The predicted molar refractivity (Wildman–Crippen MR) is 152 cm³/mol. The third-order valence-corrected chi connectivity index (χ3v) is 9.13. The van der Waals surface area contributed by atoms with Crippen LogP contribution >= 0.6 is 23.1 Å². The van der Waals surface area contributed by atoms with Crippen molar-refractivity contribution in [2.24, 2.45) is 0 Å². The maximum atomic E-state index is 13.4. The summed E-state index contributed by atoms with van der Waals surface area (Å²) in [5.74, 6) is -0.180. The van der Waals surface area contributed by atoms with E-state index < -0.39 is 15.3 Å². The van der Waals surface area contributed by atoms with Crippen LogP contribution in [0.3, 0.4) is 0 Å². The van der Waals surface area contributed by atoms with Crippen LogP contribution in [0, 0.1) is 6.92 Å². The third-order valence-electron chi connectivity index (χ3n) is 5.53. The van der Waals surface area contributed by atoms with Crippen LogP contribution in [0.15, 0.2) is 113 Å². The first-order valence-electron chi connectivity index (χ1n) is 11.4. The molecule has 9 heteroatoms. The van der Waals surface area contributed by atoms with Gasteiger partial charge in [0, 0.05) is 10.6 Å². The Labute approximate surface area is 223 Å². The SMILES string of the molecule is Cc1ccc2nc(NC(=O)C(Sc3ccc(NS(=O)(=O)c4ccccc4)cc3)c3ccccc3)sc2c1. The Bertz CT molecular complexity index is 1640. The molecular formula is C28H23N3O3S3. The van der Waals surface area contributed by atoms with Gasteiger partial charge in [-0.15, -0.1) is 11.8 Å². The van der Waals surface area contributed by atoms with E-state index in [-0.39, 0.29) is 10.8 Å². The lowest BCUT2D eigenvalue weighted by Crippen LogP contribution is -2.18. The van der Waals surface area contributed by atoms with Gasteiger partial charge in [0.25, 0.3) is 10.0 Å². The van der Waals surface area contributed by atoms with Gasteiger partial charge in [0.15, 0.2) is 5.13 Å². The van der Waals surface area contributed by atoms with Crippen molar-refractivity contribution in [3.05, 3.63) is 114 Å². The molecule has 0 aliphatic rings. The number of anilines is 2. The number of aryl methyl sites for hydroxylation is 1. The third kappa shape index (κ3) is 6.02. The van der Waals surface area contributed by atoms with Gasteiger partial charge in [0.1, 0.15) is 5.25 Å². The Morgan fingerprint density at radius 3 is 2.27 bits per heavy atom. The zero-order valence-electron chi connectivity index (χ0n) is 19.8. The van der Waals surface area contributed by atoms with E-state index in [2.05, 4.69) is 21.1 Å². The number of fused-ring (bicyclic) bond motifs is 1. The highest BCUT2D eigenvalue weighted by atomic mass is 32.2. The molecule has 0 aliphatic carbocycles. The first-order valence-corrected chi connectivity index (χ1v) is 14.6. The van der Waals surface area contributed by atoms with E-state index in [1.807, 2.05) is 49.4 Å². The van der Waals surface area contributed by atoms with E-state index in [0.29, 0.717) is 10.8 Å². The lowest BCUT2D eigenvalue weighted by molar-refractivity contribution is -0.115. The van der Waals surface area contributed by atoms with Crippen LogP contribution in [0.25, 0.3) is 10.2 Å². The zero-order valence-corrected chi connectivity index (χ0v) is 22.2. The van der Waals surface area contributed by atoms with E-state index in [1.54, 1.807) is 54.6 Å². The van der Waals surface area contributed by atoms with Gasteiger partial charge >= 0.3 is 0 Å². The van der Waals surface area contributed by atoms with Gasteiger partial charge in [-0.1, -0.05) is 65.9 Å². The topological polar surface area (TPSA) is 88.2 Å². The second-order valence-corrected chi connectivity index (χ2v) is 12.2. The number of aromatic nitrogens is 1. The van der Waals surface area contributed by atoms with E-state index >= 15 is 0 Å². The molecule has 0 bridgehead atoms. The lowest BCUT2D eigenvalue weighted by atomic mass is 10.1. The molecule has 2 N–H and O–H groups in total. The van der Waals surface area contributed by atoms with E-state index in [9.17, 15) is 13.2 Å². The van der Waals surface area contributed by atoms with Gasteiger partial charge in [0.2, 0.25) is 5.91 Å². The molecule has 0 spiro atoms. The van der Waals surface area contributed by atoms with Crippen LogP contribution in [0.2, 0.25) is 0 Å². The Morgan fingerprint density at radius 1 is 0.892 bits per heavy atom. The number of nitrogens with zero attached hydrogens (tertiary/aromatic N) is 1. The summed E-state index contributed by atoms with van der Waals surface area (Å²) in [5, 5.41) is 3.01. The van der Waals surface area contributed by atoms with Crippen LogP contribution in [-0.4, -0.2) is 19.3 Å². The average Bonchev–Trinajstić information content (AvgIpc) is 3.30. The largest absolute Gasteiger partial charge is 0.301 e. The predicted octanol–water partition coefficient (Wildman–Crippen LogP) is 6.88. The number of hydrogen-bond acceptors (Lipinski definition) is 6. The van der Waals surface area contributed by atoms with Crippen molar-refractivity contribution in [1.29, 1.82) is 0 Å². The fourth-order valence-corrected chi connectivity index (χ4v) is 6.78. The van der Waals surface area contributed by atoms with Crippen LogP contribution in [0.5, 0.6) is 0 Å². The molecule has 37 heavy (non-hydrogen) atoms. The fraction of sp³-hybridized carbons (Fsp3) is 0.0714. The molecule has 1 heterocycles. The smallest absolute Gasteiger partial charge is 0.261 e. The standard InChI is InChI=1S/C28H23N3O3S3/c1-19-12-17-24-25(18-19)36-28(29-24)30-27(32)26(20-8-4-2-5-9-20)35-22-15-13-21(14-16-22)31-37(33,34)23-10-6-3-7-11-23/h2-18,26,31H,1H3,(H,29,30,32). The van der Waals surface area contributed by atoms with E-state index in [4.69, 9.17) is 0 Å². The Kier molecular flexibility index (Phi) is 7.27. The van der Waals surface area contributed by atoms with Crippen molar-refractivity contribution >= 4 is 60.1 Å². The van der Waals surface area contributed by atoms with E-state index in [0.717, 1.165) is 26.2 Å². The summed E-state index contributed by atoms with van der Waals surface area (Å²) in [7, 11) is -3.68. The summed E-state index contributed by atoms with van der Waals surface area (Å²) in [5.41, 5.74) is 3.29. The highest BCUT2D eigenvalue weighted by Crippen LogP contribution is 2.37. The van der Waals surface area contributed by atoms with Crippen LogP contribution in [0.4, 0.5) is 10.8 Å². The van der Waals surface area contributed by atoms with E-state index in [1.165, 1.54) is 23.1 Å². The van der Waals surface area contributed by atoms with Crippen molar-refractivity contribution in [3.63, 3.8) is 0 Å². The van der Waals surface area contributed by atoms with Gasteiger partial charge in [0.05, 0.1) is 15.1 Å². The molecule has 0 radical (unpaired) electrons. The Balaban J connectivity index is 1.34. The number of nitrogens with one attached hydrogen (secondary N) is 2. The van der Waals surface area contributed by atoms with Gasteiger partial charge < -0.3 is 5.32 Å². The van der Waals surface area contributed by atoms with Crippen molar-refractivity contribution in [1.82, 2.24) is 4.98 Å². The summed E-state index contributed by atoms with van der Waals surface area (Å²) in [6, 6.07) is 30.8. The second kappa shape index (κ2) is 10.8. The monoisotopic (exact) mass is 545 g/mol. The van der Waals surface area contributed by atoms with Crippen molar-refractivity contribution in [3.8, 4) is 0 Å². The number of benzene rings is 4. The minimum atomic E-state index is -3.68. The molecular weight excluding hydrogens is 523 g/mol. The highest BCUT2D eigenvalue weighted by Gasteiger charge is 2.23. The maximum Gasteiger partial charge on any atom is 0.261 e. The fourth-order valence-electron chi connectivity index (χ4n) is 3.71. The number of thiazole rings is 1. The molecule has 5 rings (SSSR count). The molecule has 0 saturated carbocycles. The molecule has 4 aromatic carbocycles. The molecule has 6 nitrogen and oxygen atoms in total. The number of carbonyl (C=O) groups excluding carboxylic acids is 1. The lowest BCUT2D eigenvalue weighted by Gasteiger charge is -2.16. The molecule has 0 saturated heterocycles. The first-order chi connectivity index (χ1) is 17.9. The molecule has 0 aliphatic heterocycles. The Hall–Kier alpha value is -3.66. The van der Waals surface area contributed by atoms with Crippen LogP contribution in [0.1, 0.15) is 16.4 Å². The van der Waals surface area contributed by atoms with Crippen LogP contribution < -0.4 is 10.0 Å². The summed E-state index contributed by atoms with van der Waals surface area (Å²) >= 11 is 2.84. The molecule has 5 aromatic rings. The Morgan fingerprint density at radius 2 is 1.57 bits per heavy atom.